The van der Waals surface area contributed by atoms with Crippen molar-refractivity contribution in [2.24, 2.45) is 20.5 Å². The van der Waals surface area contributed by atoms with Gasteiger partial charge in [0.15, 0.2) is 0 Å². The maximum absolute atomic E-state index is 12.9. The molecule has 1 aliphatic rings. The van der Waals surface area contributed by atoms with Crippen LogP contribution in [0.3, 0.4) is 0 Å². The Morgan fingerprint density at radius 1 is 0.661 bits per heavy atom. The summed E-state index contributed by atoms with van der Waals surface area (Å²) in [5, 5.41) is 27.0. The molecule has 0 radical (unpaired) electrons. The third-order valence-electron chi connectivity index (χ3n) is 9.62. The second-order valence-corrected chi connectivity index (χ2v) is 14.0. The molecule has 12 nitrogen and oxygen atoms in total. The van der Waals surface area contributed by atoms with Crippen molar-refractivity contribution >= 4 is 62.5 Å². The summed E-state index contributed by atoms with van der Waals surface area (Å²) in [7, 11) is 4.00. The van der Waals surface area contributed by atoms with Crippen molar-refractivity contribution in [2.45, 2.75) is 31.8 Å². The highest BCUT2D eigenvalue weighted by Gasteiger charge is 2.22. The highest BCUT2D eigenvalue weighted by atomic mass is 16.5. The molecule has 7 rings (SSSR count). The number of anilines is 3. The van der Waals surface area contributed by atoms with Gasteiger partial charge in [-0.1, -0.05) is 30.8 Å². The zero-order chi connectivity index (χ0) is 41.0. The topological polar surface area (TPSA) is 139 Å². The first-order valence-corrected chi connectivity index (χ1v) is 19.5. The lowest BCUT2D eigenvalue weighted by Crippen LogP contribution is -2.23. The molecule has 0 spiro atoms. The van der Waals surface area contributed by atoms with Gasteiger partial charge in [-0.05, 0) is 134 Å². The predicted octanol–water partition coefficient (Wildman–Crippen LogP) is 12.2. The van der Waals surface area contributed by atoms with E-state index in [-0.39, 0.29) is 6.17 Å². The minimum Gasteiger partial charge on any atom is -0.494 e. The molecule has 1 unspecified atom stereocenters. The standard InChI is InChI=1S/C47H45N7O5/c1-4-44(55)58-31-8-6-5-7-30-57-38-24-14-33(15-25-38)47(56)59-39-26-12-32(13-27-39)46-48-42-11-9-10-40-41(28-29-43(49-46)45(40)42)53-52-35-18-16-34(17-19-35)50-51-36-20-22-37(23-21-36)54(2)3/h4,9-29,46,48-49H,1,5-8,30-31H2,2-3H3/b51-50+,53-52+. The first-order valence-electron chi connectivity index (χ1n) is 19.5. The van der Waals surface area contributed by atoms with Gasteiger partial charge in [-0.2, -0.15) is 15.3 Å². The van der Waals surface area contributed by atoms with E-state index < -0.39 is 11.9 Å². The number of hydrogen-bond acceptors (Lipinski definition) is 12. The number of rotatable bonds is 17. The summed E-state index contributed by atoms with van der Waals surface area (Å²) in [6, 6.07) is 39.8. The van der Waals surface area contributed by atoms with Crippen LogP contribution in [-0.4, -0.2) is 39.2 Å². The Morgan fingerprint density at radius 2 is 1.25 bits per heavy atom. The number of esters is 2. The maximum atomic E-state index is 12.9. The van der Waals surface area contributed by atoms with Crippen LogP contribution in [-0.2, 0) is 9.53 Å². The van der Waals surface area contributed by atoms with Crippen LogP contribution >= 0.6 is 0 Å². The third kappa shape index (κ3) is 10.5. The molecule has 0 saturated carbocycles. The second-order valence-electron chi connectivity index (χ2n) is 14.0. The number of benzene rings is 6. The van der Waals surface area contributed by atoms with E-state index in [2.05, 4.69) is 37.7 Å². The summed E-state index contributed by atoms with van der Waals surface area (Å²) in [4.78, 5) is 26.0. The van der Waals surface area contributed by atoms with Crippen molar-refractivity contribution in [3.8, 4) is 11.5 Å². The Hall–Kier alpha value is -7.34. The lowest BCUT2D eigenvalue weighted by atomic mass is 10.0. The fourth-order valence-electron chi connectivity index (χ4n) is 6.42. The van der Waals surface area contributed by atoms with E-state index >= 15 is 0 Å². The molecule has 0 aromatic heterocycles. The zero-order valence-electron chi connectivity index (χ0n) is 33.0. The summed E-state index contributed by atoms with van der Waals surface area (Å²) in [6.07, 6.45) is 4.53. The second kappa shape index (κ2) is 19.2. The normalized spacial score (nSPS) is 13.2. The molecule has 0 saturated heterocycles. The molecular weight excluding hydrogens is 743 g/mol. The van der Waals surface area contributed by atoms with Gasteiger partial charge < -0.3 is 29.7 Å². The van der Waals surface area contributed by atoms with Gasteiger partial charge in [0.05, 0.1) is 41.5 Å². The monoisotopic (exact) mass is 787 g/mol. The number of ether oxygens (including phenoxy) is 3. The Balaban J connectivity index is 0.903. The van der Waals surface area contributed by atoms with Crippen LogP contribution < -0.4 is 25.0 Å². The maximum Gasteiger partial charge on any atom is 0.343 e. The highest BCUT2D eigenvalue weighted by molar-refractivity contribution is 6.09. The minimum absolute atomic E-state index is 0.215. The van der Waals surface area contributed by atoms with Crippen LogP contribution in [0.5, 0.6) is 11.5 Å². The molecular formula is C47H45N7O5. The lowest BCUT2D eigenvalue weighted by molar-refractivity contribution is -0.137. The average molecular weight is 788 g/mol. The molecule has 1 aliphatic heterocycles. The molecule has 1 atom stereocenters. The fourth-order valence-corrected chi connectivity index (χ4v) is 6.42. The van der Waals surface area contributed by atoms with E-state index in [1.165, 1.54) is 6.08 Å². The van der Waals surface area contributed by atoms with Gasteiger partial charge in [0, 0.05) is 48.0 Å². The Morgan fingerprint density at radius 3 is 1.90 bits per heavy atom. The van der Waals surface area contributed by atoms with E-state index in [0.29, 0.717) is 36.0 Å². The molecule has 0 bridgehead atoms. The molecule has 0 fully saturated rings. The molecule has 0 amide bonds. The Kier molecular flexibility index (Phi) is 13.0. The van der Waals surface area contributed by atoms with E-state index in [0.717, 1.165) is 76.1 Å². The van der Waals surface area contributed by atoms with Gasteiger partial charge in [0.1, 0.15) is 17.7 Å². The largest absolute Gasteiger partial charge is 0.494 e. The molecule has 6 aromatic rings. The summed E-state index contributed by atoms with van der Waals surface area (Å²) in [5.41, 5.74) is 7.39. The molecule has 12 heteroatoms. The van der Waals surface area contributed by atoms with Crippen LogP contribution in [0.1, 0.15) is 47.8 Å². The highest BCUT2D eigenvalue weighted by Crippen LogP contribution is 2.42. The quantitative estimate of drug-likeness (QED) is 0.0306. The average Bonchev–Trinajstić information content (AvgIpc) is 3.27. The van der Waals surface area contributed by atoms with Crippen molar-refractivity contribution < 1.29 is 23.8 Å². The third-order valence-corrected chi connectivity index (χ3v) is 9.62. The summed E-state index contributed by atoms with van der Waals surface area (Å²) in [5.74, 6) is 0.274. The van der Waals surface area contributed by atoms with Crippen molar-refractivity contribution in [3.05, 3.63) is 151 Å². The molecule has 59 heavy (non-hydrogen) atoms. The van der Waals surface area contributed by atoms with E-state index in [1.807, 2.05) is 110 Å². The first-order chi connectivity index (χ1) is 28.8. The van der Waals surface area contributed by atoms with Gasteiger partial charge in [-0.15, -0.1) is 5.11 Å². The predicted molar refractivity (Wildman–Crippen MR) is 232 cm³/mol. The van der Waals surface area contributed by atoms with E-state index in [1.54, 1.807) is 36.4 Å². The van der Waals surface area contributed by atoms with Crippen LogP contribution in [0.2, 0.25) is 0 Å². The van der Waals surface area contributed by atoms with E-state index in [9.17, 15) is 9.59 Å². The first kappa shape index (κ1) is 39.9. The lowest BCUT2D eigenvalue weighted by Gasteiger charge is -2.30. The summed E-state index contributed by atoms with van der Waals surface area (Å²) in [6.45, 7) is 4.34. The fraction of sp³-hybridized carbons (Fsp3) is 0.191. The van der Waals surface area contributed by atoms with Gasteiger partial charge in [0.2, 0.25) is 0 Å². The number of nitrogens with zero attached hydrogens (tertiary/aromatic N) is 5. The minimum atomic E-state index is -0.453. The van der Waals surface area contributed by atoms with E-state index in [4.69, 9.17) is 14.2 Å². The van der Waals surface area contributed by atoms with Gasteiger partial charge >= 0.3 is 11.9 Å². The van der Waals surface area contributed by atoms with Crippen LogP contribution in [0.4, 0.5) is 39.8 Å². The molecule has 0 aliphatic carbocycles. The van der Waals surface area contributed by atoms with Crippen molar-refractivity contribution in [1.29, 1.82) is 0 Å². The zero-order valence-corrected chi connectivity index (χ0v) is 33.0. The molecule has 2 N–H and O–H groups in total. The number of carbonyl (C=O) groups excluding carboxylic acids is 2. The molecule has 298 valence electrons. The smallest absolute Gasteiger partial charge is 0.343 e. The number of unbranched alkanes of at least 4 members (excludes halogenated alkanes) is 3. The number of hydrogen-bond donors (Lipinski definition) is 2. The van der Waals surface area contributed by atoms with Crippen molar-refractivity contribution in [2.75, 3.05) is 42.8 Å². The van der Waals surface area contributed by atoms with Gasteiger partial charge in [0.25, 0.3) is 0 Å². The van der Waals surface area contributed by atoms with Crippen LogP contribution in [0, 0.1) is 0 Å². The number of carbonyl (C=O) groups is 2. The summed E-state index contributed by atoms with van der Waals surface area (Å²) < 4.78 is 16.5. The van der Waals surface area contributed by atoms with Gasteiger partial charge in [-0.3, -0.25) is 0 Å². The molecule has 1 heterocycles. The van der Waals surface area contributed by atoms with Crippen molar-refractivity contribution in [3.63, 3.8) is 0 Å². The number of nitrogens with one attached hydrogen (secondary N) is 2. The SMILES string of the molecule is C=CC(=O)OCCCCCCOc1ccc(C(=O)Oc2ccc(C3Nc4cccc5c(/N=N/c6ccc(/N=N/c7ccc(N(C)C)cc7)cc6)ccc(c45)N3)cc2)cc1. The van der Waals surface area contributed by atoms with Crippen molar-refractivity contribution in [1.82, 2.24) is 0 Å². The Labute approximate surface area is 343 Å². The number of azo groups is 2. The van der Waals surface area contributed by atoms with Crippen LogP contribution in [0.25, 0.3) is 10.8 Å². The summed E-state index contributed by atoms with van der Waals surface area (Å²) >= 11 is 0. The van der Waals surface area contributed by atoms with Crippen LogP contribution in [0.15, 0.2) is 161 Å². The van der Waals surface area contributed by atoms with Gasteiger partial charge in [-0.25, -0.2) is 9.59 Å². The molecule has 6 aromatic carbocycles. The Bertz CT molecular complexity index is 2440.